The van der Waals surface area contributed by atoms with E-state index in [9.17, 15) is 0 Å². The Morgan fingerprint density at radius 1 is 1.39 bits per heavy atom. The molecule has 0 aliphatic rings. The number of nitrogens with one attached hydrogen (secondary N) is 1. The van der Waals surface area contributed by atoms with Crippen LogP contribution in [0.15, 0.2) is 45.5 Å². The van der Waals surface area contributed by atoms with E-state index in [1.54, 1.807) is 13.4 Å². The van der Waals surface area contributed by atoms with Crippen LogP contribution >= 0.6 is 15.9 Å². The van der Waals surface area contributed by atoms with Crippen LogP contribution in [0, 0.1) is 0 Å². The van der Waals surface area contributed by atoms with Crippen LogP contribution in [-0.2, 0) is 6.42 Å². The highest BCUT2D eigenvalue weighted by molar-refractivity contribution is 9.10. The fourth-order valence-electron chi connectivity index (χ4n) is 1.82. The summed E-state index contributed by atoms with van der Waals surface area (Å²) in [6.45, 7) is 2.12. The Morgan fingerprint density at radius 2 is 2.22 bits per heavy atom. The normalized spacial score (nSPS) is 12.2. The zero-order valence-corrected chi connectivity index (χ0v) is 12.0. The van der Waals surface area contributed by atoms with E-state index in [2.05, 4.69) is 28.2 Å². The predicted octanol–water partition coefficient (Wildman–Crippen LogP) is 4.09. The molecule has 2 rings (SSSR count). The minimum atomic E-state index is 0.294. The lowest BCUT2D eigenvalue weighted by molar-refractivity contribution is 0.412. The summed E-state index contributed by atoms with van der Waals surface area (Å²) in [5.41, 5.74) is 1.04. The Balaban J connectivity index is 2.00. The Labute approximate surface area is 115 Å². The van der Waals surface area contributed by atoms with Crippen molar-refractivity contribution < 1.29 is 9.15 Å². The second kappa shape index (κ2) is 5.96. The van der Waals surface area contributed by atoms with Gasteiger partial charge < -0.3 is 14.5 Å². The zero-order chi connectivity index (χ0) is 13.0. The van der Waals surface area contributed by atoms with E-state index in [0.717, 1.165) is 28.1 Å². The molecule has 0 radical (unpaired) electrons. The van der Waals surface area contributed by atoms with Crippen molar-refractivity contribution in [2.75, 3.05) is 12.4 Å². The first kappa shape index (κ1) is 13.0. The van der Waals surface area contributed by atoms with Crippen LogP contribution in [0.3, 0.4) is 0 Å². The maximum atomic E-state index is 5.33. The van der Waals surface area contributed by atoms with Gasteiger partial charge >= 0.3 is 0 Å². The highest BCUT2D eigenvalue weighted by Gasteiger charge is 2.07. The molecule has 2 aromatic rings. The molecule has 0 saturated carbocycles. The van der Waals surface area contributed by atoms with Gasteiger partial charge in [-0.25, -0.2) is 0 Å². The molecule has 0 fully saturated rings. The molecular formula is C14H16BrNO2. The van der Waals surface area contributed by atoms with E-state index < -0.39 is 0 Å². The summed E-state index contributed by atoms with van der Waals surface area (Å²) in [6.07, 6.45) is 2.55. The van der Waals surface area contributed by atoms with Crippen LogP contribution in [-0.4, -0.2) is 13.2 Å². The van der Waals surface area contributed by atoms with Gasteiger partial charge in [0.2, 0.25) is 0 Å². The molecule has 1 heterocycles. The van der Waals surface area contributed by atoms with Crippen LogP contribution < -0.4 is 10.1 Å². The molecule has 1 unspecified atom stereocenters. The number of furan rings is 1. The van der Waals surface area contributed by atoms with Crippen molar-refractivity contribution in [2.24, 2.45) is 0 Å². The number of halogens is 1. The van der Waals surface area contributed by atoms with Gasteiger partial charge in [-0.1, -0.05) is 0 Å². The third-order valence-electron chi connectivity index (χ3n) is 2.65. The summed E-state index contributed by atoms with van der Waals surface area (Å²) in [5, 5.41) is 3.42. The molecule has 0 aliphatic carbocycles. The standard InChI is InChI=1S/C14H16BrNO2/c1-10(8-12-4-3-7-18-12)16-11-5-6-13(15)14(9-11)17-2/h3-7,9-10,16H,8H2,1-2H3. The molecule has 1 N–H and O–H groups in total. The van der Waals surface area contributed by atoms with Gasteiger partial charge in [-0.15, -0.1) is 0 Å². The van der Waals surface area contributed by atoms with Gasteiger partial charge in [-0.05, 0) is 47.1 Å². The number of anilines is 1. The van der Waals surface area contributed by atoms with Crippen LogP contribution in [0.4, 0.5) is 5.69 Å². The molecule has 18 heavy (non-hydrogen) atoms. The molecule has 0 amide bonds. The van der Waals surface area contributed by atoms with Crippen molar-refractivity contribution in [1.82, 2.24) is 0 Å². The Hall–Kier alpha value is -1.42. The molecule has 1 aromatic heterocycles. The van der Waals surface area contributed by atoms with E-state index in [1.807, 2.05) is 30.3 Å². The average Bonchev–Trinajstić information content (AvgIpc) is 2.84. The molecule has 1 atom stereocenters. The second-order valence-electron chi connectivity index (χ2n) is 4.18. The first-order chi connectivity index (χ1) is 8.69. The third kappa shape index (κ3) is 3.29. The Morgan fingerprint density at radius 3 is 2.89 bits per heavy atom. The third-order valence-corrected chi connectivity index (χ3v) is 3.31. The van der Waals surface area contributed by atoms with Crippen LogP contribution in [0.25, 0.3) is 0 Å². The van der Waals surface area contributed by atoms with E-state index >= 15 is 0 Å². The summed E-state index contributed by atoms with van der Waals surface area (Å²) >= 11 is 3.44. The molecule has 0 bridgehead atoms. The minimum absolute atomic E-state index is 0.294. The topological polar surface area (TPSA) is 34.4 Å². The van der Waals surface area contributed by atoms with E-state index in [0.29, 0.717) is 6.04 Å². The maximum Gasteiger partial charge on any atom is 0.135 e. The molecule has 0 aliphatic heterocycles. The Kier molecular flexibility index (Phi) is 4.31. The van der Waals surface area contributed by atoms with Crippen molar-refractivity contribution >= 4 is 21.6 Å². The first-order valence-electron chi connectivity index (χ1n) is 5.81. The van der Waals surface area contributed by atoms with Gasteiger partial charge in [-0.3, -0.25) is 0 Å². The predicted molar refractivity (Wildman–Crippen MR) is 76.2 cm³/mol. The second-order valence-corrected chi connectivity index (χ2v) is 5.03. The van der Waals surface area contributed by atoms with Crippen molar-refractivity contribution in [3.8, 4) is 5.75 Å². The lowest BCUT2D eigenvalue weighted by Gasteiger charge is -2.15. The fraction of sp³-hybridized carbons (Fsp3) is 0.286. The largest absolute Gasteiger partial charge is 0.495 e. The molecule has 4 heteroatoms. The summed E-state index contributed by atoms with van der Waals surface area (Å²) in [5.74, 6) is 1.81. The minimum Gasteiger partial charge on any atom is -0.495 e. The van der Waals surface area contributed by atoms with Gasteiger partial charge in [0, 0.05) is 24.2 Å². The van der Waals surface area contributed by atoms with E-state index in [-0.39, 0.29) is 0 Å². The molecule has 0 spiro atoms. The van der Waals surface area contributed by atoms with Gasteiger partial charge in [0.05, 0.1) is 17.8 Å². The van der Waals surface area contributed by atoms with Gasteiger partial charge in [0.1, 0.15) is 11.5 Å². The Bertz CT molecular complexity index is 497. The highest BCUT2D eigenvalue weighted by atomic mass is 79.9. The molecule has 3 nitrogen and oxygen atoms in total. The highest BCUT2D eigenvalue weighted by Crippen LogP contribution is 2.28. The summed E-state index contributed by atoms with van der Waals surface area (Å²) < 4.78 is 11.6. The van der Waals surface area contributed by atoms with E-state index in [1.165, 1.54) is 0 Å². The first-order valence-corrected chi connectivity index (χ1v) is 6.61. The summed E-state index contributed by atoms with van der Waals surface area (Å²) in [4.78, 5) is 0. The lowest BCUT2D eigenvalue weighted by atomic mass is 10.2. The lowest BCUT2D eigenvalue weighted by Crippen LogP contribution is -2.17. The molecule has 1 aromatic carbocycles. The monoisotopic (exact) mass is 309 g/mol. The molecular weight excluding hydrogens is 294 g/mol. The number of rotatable bonds is 5. The van der Waals surface area contributed by atoms with Crippen LogP contribution in [0.1, 0.15) is 12.7 Å². The van der Waals surface area contributed by atoms with Crippen LogP contribution in [0.2, 0.25) is 0 Å². The smallest absolute Gasteiger partial charge is 0.135 e. The SMILES string of the molecule is COc1cc(NC(C)Cc2ccco2)ccc1Br. The zero-order valence-electron chi connectivity index (χ0n) is 10.4. The number of methoxy groups -OCH3 is 1. The number of ether oxygens (including phenoxy) is 1. The number of hydrogen-bond donors (Lipinski definition) is 1. The van der Waals surface area contributed by atoms with E-state index in [4.69, 9.17) is 9.15 Å². The molecule has 96 valence electrons. The molecule has 0 saturated heterocycles. The number of benzene rings is 1. The number of hydrogen-bond acceptors (Lipinski definition) is 3. The average molecular weight is 310 g/mol. The fourth-order valence-corrected chi connectivity index (χ4v) is 2.22. The van der Waals surface area contributed by atoms with Crippen molar-refractivity contribution in [3.63, 3.8) is 0 Å². The van der Waals surface area contributed by atoms with Gasteiger partial charge in [0.15, 0.2) is 0 Å². The van der Waals surface area contributed by atoms with Crippen molar-refractivity contribution in [2.45, 2.75) is 19.4 Å². The van der Waals surface area contributed by atoms with Gasteiger partial charge in [0.25, 0.3) is 0 Å². The summed E-state index contributed by atoms with van der Waals surface area (Å²) in [6, 6.07) is 10.2. The maximum absolute atomic E-state index is 5.33. The quantitative estimate of drug-likeness (QED) is 0.903. The van der Waals surface area contributed by atoms with Crippen molar-refractivity contribution in [1.29, 1.82) is 0 Å². The van der Waals surface area contributed by atoms with Gasteiger partial charge in [-0.2, -0.15) is 0 Å². The summed E-state index contributed by atoms with van der Waals surface area (Å²) in [7, 11) is 1.66. The van der Waals surface area contributed by atoms with Crippen LogP contribution in [0.5, 0.6) is 5.75 Å². The van der Waals surface area contributed by atoms with Crippen molar-refractivity contribution in [3.05, 3.63) is 46.8 Å².